The number of carbonyl (C=O) groups excluding carboxylic acids is 2. The van der Waals surface area contributed by atoms with Crippen molar-refractivity contribution in [2.45, 2.75) is 82.3 Å². The van der Waals surface area contributed by atoms with Crippen LogP contribution in [0.1, 0.15) is 64.7 Å². The molecule has 3 amide bonds. The van der Waals surface area contributed by atoms with Crippen LogP contribution < -0.4 is 0 Å². The maximum Gasteiger partial charge on any atom is 0.320 e. The van der Waals surface area contributed by atoms with E-state index in [4.69, 9.17) is 0 Å². The summed E-state index contributed by atoms with van der Waals surface area (Å²) in [5, 5.41) is 0. The molecule has 0 aromatic heterocycles. The van der Waals surface area contributed by atoms with Gasteiger partial charge in [0.25, 0.3) is 0 Å². The van der Waals surface area contributed by atoms with Crippen molar-refractivity contribution in [2.24, 2.45) is 0 Å². The molecule has 2 aliphatic carbocycles. The van der Waals surface area contributed by atoms with Gasteiger partial charge in [-0.2, -0.15) is 0 Å². The zero-order valence-electron chi connectivity index (χ0n) is 16.9. The Bertz CT molecular complexity index is 538. The molecule has 0 bridgehead atoms. The van der Waals surface area contributed by atoms with Crippen LogP contribution in [0.25, 0.3) is 0 Å². The van der Waals surface area contributed by atoms with E-state index in [0.29, 0.717) is 13.1 Å². The van der Waals surface area contributed by atoms with Gasteiger partial charge in [0.15, 0.2) is 0 Å². The molecule has 2 saturated carbocycles. The molecule has 6 heteroatoms. The molecule has 0 atom stereocenters. The van der Waals surface area contributed by atoms with Crippen molar-refractivity contribution in [1.29, 1.82) is 0 Å². The maximum absolute atomic E-state index is 12.9. The van der Waals surface area contributed by atoms with Crippen LogP contribution in [0.5, 0.6) is 0 Å². The molecule has 4 fully saturated rings. The van der Waals surface area contributed by atoms with Crippen LogP contribution >= 0.6 is 0 Å². The molecular formula is C21H36N4O2. The van der Waals surface area contributed by atoms with Crippen LogP contribution in [0.4, 0.5) is 4.79 Å². The summed E-state index contributed by atoms with van der Waals surface area (Å²) in [6.45, 7) is 7.52. The molecule has 6 nitrogen and oxygen atoms in total. The Hall–Kier alpha value is -1.30. The van der Waals surface area contributed by atoms with E-state index < -0.39 is 0 Å². The molecule has 152 valence electrons. The Kier molecular flexibility index (Phi) is 5.62. The highest BCUT2D eigenvalue weighted by atomic mass is 16.2. The minimum Gasteiger partial charge on any atom is -0.333 e. The van der Waals surface area contributed by atoms with Gasteiger partial charge in [0.1, 0.15) is 0 Å². The molecule has 0 aromatic carbocycles. The predicted octanol–water partition coefficient (Wildman–Crippen LogP) is 2.53. The number of carbonyl (C=O) groups is 2. The lowest BCUT2D eigenvalue weighted by molar-refractivity contribution is -0.133. The summed E-state index contributed by atoms with van der Waals surface area (Å²) in [7, 11) is 0. The molecule has 0 spiro atoms. The zero-order chi connectivity index (χ0) is 18.9. The van der Waals surface area contributed by atoms with E-state index in [1.54, 1.807) is 0 Å². The Morgan fingerprint density at radius 3 is 2.30 bits per heavy atom. The standard InChI is InChI=1S/C21H36N4O2/c1-21(9-3-2-4-10-21)25(17-26)19-15-24(16-19)20(27)23-12-6-11-22(13-14-23)18-7-5-8-18/h17-19H,2-16H2,1H3. The van der Waals surface area contributed by atoms with Gasteiger partial charge in [-0.3, -0.25) is 9.69 Å². The lowest BCUT2D eigenvalue weighted by Crippen LogP contribution is -2.67. The van der Waals surface area contributed by atoms with E-state index >= 15 is 0 Å². The number of amides is 3. The fraction of sp³-hybridized carbons (Fsp3) is 0.905. The molecule has 0 aromatic rings. The molecule has 4 aliphatic rings. The molecule has 2 aliphatic heterocycles. The Labute approximate surface area is 163 Å². The first kappa shape index (κ1) is 19.0. The Balaban J connectivity index is 1.28. The summed E-state index contributed by atoms with van der Waals surface area (Å²) >= 11 is 0. The fourth-order valence-electron chi connectivity index (χ4n) is 5.46. The van der Waals surface area contributed by atoms with Crippen molar-refractivity contribution in [3.63, 3.8) is 0 Å². The van der Waals surface area contributed by atoms with Crippen molar-refractivity contribution in [1.82, 2.24) is 19.6 Å². The second-order valence-electron chi connectivity index (χ2n) is 9.37. The minimum absolute atomic E-state index is 0.00825. The van der Waals surface area contributed by atoms with Crippen LogP contribution in [-0.4, -0.2) is 88.9 Å². The highest BCUT2D eigenvalue weighted by Crippen LogP contribution is 2.35. The second-order valence-corrected chi connectivity index (χ2v) is 9.37. The van der Waals surface area contributed by atoms with Crippen molar-refractivity contribution in [2.75, 3.05) is 39.3 Å². The van der Waals surface area contributed by atoms with Gasteiger partial charge in [0.2, 0.25) is 6.41 Å². The number of hydrogen-bond acceptors (Lipinski definition) is 3. The summed E-state index contributed by atoms with van der Waals surface area (Å²) < 4.78 is 0. The van der Waals surface area contributed by atoms with Crippen molar-refractivity contribution >= 4 is 12.4 Å². The zero-order valence-corrected chi connectivity index (χ0v) is 16.9. The smallest absolute Gasteiger partial charge is 0.320 e. The van der Waals surface area contributed by atoms with E-state index in [2.05, 4.69) is 11.8 Å². The summed E-state index contributed by atoms with van der Waals surface area (Å²) in [6.07, 6.45) is 12.1. The maximum atomic E-state index is 12.9. The molecular weight excluding hydrogens is 340 g/mol. The summed E-state index contributed by atoms with van der Waals surface area (Å²) in [5.74, 6) is 0. The lowest BCUT2D eigenvalue weighted by atomic mass is 9.80. The first-order valence-electron chi connectivity index (χ1n) is 11.1. The third-order valence-electron chi connectivity index (χ3n) is 7.59. The van der Waals surface area contributed by atoms with E-state index in [1.807, 2.05) is 14.7 Å². The molecule has 0 N–H and O–H groups in total. The Morgan fingerprint density at radius 1 is 0.926 bits per heavy atom. The van der Waals surface area contributed by atoms with Crippen LogP contribution in [0, 0.1) is 0 Å². The summed E-state index contributed by atoms with van der Waals surface area (Å²) in [6, 6.07) is 1.15. The molecule has 2 saturated heterocycles. The van der Waals surface area contributed by atoms with Gasteiger partial charge in [-0.1, -0.05) is 25.7 Å². The third-order valence-corrected chi connectivity index (χ3v) is 7.59. The molecule has 0 radical (unpaired) electrons. The molecule has 0 unspecified atom stereocenters. The van der Waals surface area contributed by atoms with Gasteiger partial charge < -0.3 is 14.7 Å². The third kappa shape index (κ3) is 3.82. The van der Waals surface area contributed by atoms with Gasteiger partial charge in [-0.25, -0.2) is 4.79 Å². The predicted molar refractivity (Wildman–Crippen MR) is 106 cm³/mol. The van der Waals surface area contributed by atoms with E-state index in [9.17, 15) is 9.59 Å². The second kappa shape index (κ2) is 7.98. The van der Waals surface area contributed by atoms with Gasteiger partial charge in [-0.05, 0) is 39.0 Å². The Morgan fingerprint density at radius 2 is 1.67 bits per heavy atom. The largest absolute Gasteiger partial charge is 0.333 e. The van der Waals surface area contributed by atoms with Crippen LogP contribution in [0.3, 0.4) is 0 Å². The summed E-state index contributed by atoms with van der Waals surface area (Å²) in [4.78, 5) is 33.4. The average molecular weight is 377 g/mol. The van der Waals surface area contributed by atoms with Crippen LogP contribution in [0.2, 0.25) is 0 Å². The van der Waals surface area contributed by atoms with E-state index in [1.165, 1.54) is 38.5 Å². The van der Waals surface area contributed by atoms with E-state index in [0.717, 1.165) is 57.9 Å². The van der Waals surface area contributed by atoms with Gasteiger partial charge in [0, 0.05) is 50.8 Å². The normalized spacial score (nSPS) is 27.4. The number of hydrogen-bond donors (Lipinski definition) is 0. The monoisotopic (exact) mass is 376 g/mol. The molecule has 2 heterocycles. The fourth-order valence-corrected chi connectivity index (χ4v) is 5.46. The van der Waals surface area contributed by atoms with Crippen molar-refractivity contribution < 1.29 is 9.59 Å². The highest BCUT2D eigenvalue weighted by Gasteiger charge is 2.43. The van der Waals surface area contributed by atoms with Gasteiger partial charge in [0.05, 0.1) is 6.04 Å². The van der Waals surface area contributed by atoms with Crippen LogP contribution in [0.15, 0.2) is 0 Å². The number of rotatable bonds is 4. The quantitative estimate of drug-likeness (QED) is 0.709. The topological polar surface area (TPSA) is 47.1 Å². The lowest BCUT2D eigenvalue weighted by Gasteiger charge is -2.52. The molecule has 27 heavy (non-hydrogen) atoms. The highest BCUT2D eigenvalue weighted by molar-refractivity contribution is 5.75. The minimum atomic E-state index is -0.00825. The number of urea groups is 1. The average Bonchev–Trinajstić information content (AvgIpc) is 2.82. The van der Waals surface area contributed by atoms with Crippen molar-refractivity contribution in [3.8, 4) is 0 Å². The van der Waals surface area contributed by atoms with Crippen molar-refractivity contribution in [3.05, 3.63) is 0 Å². The van der Waals surface area contributed by atoms with Crippen LogP contribution in [-0.2, 0) is 4.79 Å². The first-order chi connectivity index (χ1) is 13.1. The number of nitrogens with zero attached hydrogens (tertiary/aromatic N) is 4. The summed E-state index contributed by atoms with van der Waals surface area (Å²) in [5.41, 5.74) is -0.00825. The van der Waals surface area contributed by atoms with Gasteiger partial charge >= 0.3 is 6.03 Å². The molecule has 4 rings (SSSR count). The van der Waals surface area contributed by atoms with Gasteiger partial charge in [-0.15, -0.1) is 0 Å². The first-order valence-corrected chi connectivity index (χ1v) is 11.1. The number of likely N-dealkylation sites (tertiary alicyclic amines) is 1. The SMILES string of the molecule is CC1(N(C=O)C2CN(C(=O)N3CCCN(C4CCC4)CC3)C2)CCCCC1. The van der Waals surface area contributed by atoms with E-state index in [-0.39, 0.29) is 17.6 Å².